The Morgan fingerprint density at radius 1 is 1.07 bits per heavy atom. The lowest BCUT2D eigenvalue weighted by atomic mass is 10.0. The average Bonchev–Trinajstić information content (AvgIpc) is 3.45. The molecule has 3 heterocycles. The Morgan fingerprint density at radius 2 is 1.97 bits per heavy atom. The maximum atomic E-state index is 11.6. The fourth-order valence-electron chi connectivity index (χ4n) is 3.79. The van der Waals surface area contributed by atoms with E-state index in [0.29, 0.717) is 11.5 Å². The molecule has 30 heavy (non-hydrogen) atoms. The van der Waals surface area contributed by atoms with Crippen molar-refractivity contribution < 1.29 is 8.42 Å². The molecule has 10 heteroatoms. The predicted octanol–water partition coefficient (Wildman–Crippen LogP) is 2.81. The van der Waals surface area contributed by atoms with E-state index in [9.17, 15) is 8.42 Å². The predicted molar refractivity (Wildman–Crippen MR) is 115 cm³/mol. The molecule has 4 N–H and O–H groups in total. The highest BCUT2D eigenvalue weighted by atomic mass is 32.2. The average molecular weight is 424 g/mol. The van der Waals surface area contributed by atoms with Crippen LogP contribution in [-0.4, -0.2) is 46.6 Å². The summed E-state index contributed by atoms with van der Waals surface area (Å²) < 4.78 is 25.6. The summed E-state index contributed by atoms with van der Waals surface area (Å²) in [6, 6.07) is 13.3. The summed E-state index contributed by atoms with van der Waals surface area (Å²) in [5.74, 6) is 1.50. The third-order valence-electron chi connectivity index (χ3n) is 5.15. The molecular formula is C20H21N7O2S. The maximum absolute atomic E-state index is 11.6. The van der Waals surface area contributed by atoms with Crippen molar-refractivity contribution in [2.75, 3.05) is 17.5 Å². The lowest BCUT2D eigenvalue weighted by molar-refractivity contribution is 0.607. The second-order valence-corrected chi connectivity index (χ2v) is 9.23. The molecule has 0 amide bonds. The van der Waals surface area contributed by atoms with Crippen LogP contribution in [-0.2, 0) is 10.0 Å². The van der Waals surface area contributed by atoms with Crippen molar-refractivity contribution in [2.24, 2.45) is 0 Å². The molecule has 9 nitrogen and oxygen atoms in total. The Labute approximate surface area is 173 Å². The molecule has 4 aromatic rings. The van der Waals surface area contributed by atoms with Crippen LogP contribution in [0.2, 0.25) is 0 Å². The van der Waals surface area contributed by atoms with Gasteiger partial charge in [0.2, 0.25) is 10.0 Å². The summed E-state index contributed by atoms with van der Waals surface area (Å²) in [5.41, 5.74) is 3.83. The van der Waals surface area contributed by atoms with Gasteiger partial charge in [-0.05, 0) is 49.7 Å². The highest BCUT2D eigenvalue weighted by Gasteiger charge is 2.21. The first-order valence-corrected chi connectivity index (χ1v) is 11.6. The number of anilines is 1. The van der Waals surface area contributed by atoms with Gasteiger partial charge in [-0.1, -0.05) is 12.1 Å². The van der Waals surface area contributed by atoms with Crippen LogP contribution >= 0.6 is 0 Å². The van der Waals surface area contributed by atoms with Crippen LogP contribution in [0.15, 0.2) is 42.5 Å². The zero-order chi connectivity index (χ0) is 20.7. The first-order chi connectivity index (χ1) is 14.5. The largest absolute Gasteiger partial charge is 0.307 e. The molecule has 154 valence electrons. The van der Waals surface area contributed by atoms with Crippen LogP contribution < -0.4 is 10.0 Å². The number of fused-ring (bicyclic) bond motifs is 1. The molecular weight excluding hydrogens is 402 g/mol. The van der Waals surface area contributed by atoms with Crippen molar-refractivity contribution in [1.82, 2.24) is 30.7 Å². The van der Waals surface area contributed by atoms with Crippen LogP contribution in [0.4, 0.5) is 5.69 Å². The van der Waals surface area contributed by atoms with Gasteiger partial charge in [-0.15, -0.1) is 0 Å². The van der Waals surface area contributed by atoms with E-state index >= 15 is 0 Å². The minimum absolute atomic E-state index is 0.202. The van der Waals surface area contributed by atoms with E-state index in [2.05, 4.69) is 35.4 Å². The van der Waals surface area contributed by atoms with E-state index in [0.717, 1.165) is 59.2 Å². The first-order valence-electron chi connectivity index (χ1n) is 9.69. The lowest BCUT2D eigenvalue weighted by Crippen LogP contribution is -2.14. The van der Waals surface area contributed by atoms with Gasteiger partial charge in [0, 0.05) is 22.2 Å². The Hall–Kier alpha value is -3.24. The highest BCUT2D eigenvalue weighted by Crippen LogP contribution is 2.31. The van der Waals surface area contributed by atoms with Gasteiger partial charge in [-0.2, -0.15) is 10.2 Å². The van der Waals surface area contributed by atoms with Gasteiger partial charge in [-0.3, -0.25) is 14.9 Å². The van der Waals surface area contributed by atoms with Crippen molar-refractivity contribution in [2.45, 2.75) is 18.9 Å². The highest BCUT2D eigenvalue weighted by molar-refractivity contribution is 7.92. The smallest absolute Gasteiger partial charge is 0.229 e. The van der Waals surface area contributed by atoms with Crippen LogP contribution in [0, 0.1) is 0 Å². The summed E-state index contributed by atoms with van der Waals surface area (Å²) in [5, 5.41) is 19.2. The second kappa shape index (κ2) is 7.22. The van der Waals surface area contributed by atoms with Crippen molar-refractivity contribution in [3.63, 3.8) is 0 Å². The molecule has 0 spiro atoms. The van der Waals surface area contributed by atoms with Crippen molar-refractivity contribution in [3.05, 3.63) is 48.3 Å². The standard InChI is InChI=1S/C20H21N7O2S/c1-30(28,29)27-14-5-2-4-12(10-14)18-15-11-13(7-8-16(15)23-24-18)19-22-20(26-25-19)17-6-3-9-21-17/h2,4-5,7-8,10-11,17,21,27H,3,6,9H2,1H3,(H,23,24)(H,22,25,26). The summed E-state index contributed by atoms with van der Waals surface area (Å²) in [4.78, 5) is 4.67. The minimum atomic E-state index is -3.36. The summed E-state index contributed by atoms with van der Waals surface area (Å²) >= 11 is 0. The van der Waals surface area contributed by atoms with Gasteiger partial charge < -0.3 is 5.32 Å². The monoisotopic (exact) mass is 423 g/mol. The molecule has 1 unspecified atom stereocenters. The lowest BCUT2D eigenvalue weighted by Gasteiger charge is -2.06. The van der Waals surface area contributed by atoms with Gasteiger partial charge in [0.05, 0.1) is 23.5 Å². The maximum Gasteiger partial charge on any atom is 0.229 e. The van der Waals surface area contributed by atoms with Gasteiger partial charge in [0.25, 0.3) is 0 Å². The Balaban J connectivity index is 1.52. The van der Waals surface area contributed by atoms with E-state index < -0.39 is 10.0 Å². The van der Waals surface area contributed by atoms with Crippen LogP contribution in [0.25, 0.3) is 33.5 Å². The number of hydrogen-bond donors (Lipinski definition) is 4. The number of nitrogens with one attached hydrogen (secondary N) is 4. The fourth-order valence-corrected chi connectivity index (χ4v) is 4.35. The molecule has 5 rings (SSSR count). The first kappa shape index (κ1) is 18.8. The molecule has 1 aliphatic rings. The molecule has 0 saturated carbocycles. The normalized spacial score (nSPS) is 16.9. The molecule has 0 aliphatic carbocycles. The third kappa shape index (κ3) is 3.66. The Kier molecular flexibility index (Phi) is 4.52. The van der Waals surface area contributed by atoms with Gasteiger partial charge in [-0.25, -0.2) is 13.4 Å². The van der Waals surface area contributed by atoms with Crippen LogP contribution in [0.1, 0.15) is 24.7 Å². The minimum Gasteiger partial charge on any atom is -0.307 e. The van der Waals surface area contributed by atoms with E-state index in [-0.39, 0.29) is 6.04 Å². The van der Waals surface area contributed by atoms with E-state index in [1.165, 1.54) is 0 Å². The molecule has 1 fully saturated rings. The zero-order valence-electron chi connectivity index (χ0n) is 16.3. The van der Waals surface area contributed by atoms with Crippen LogP contribution in [0.5, 0.6) is 0 Å². The van der Waals surface area contributed by atoms with E-state index in [1.807, 2.05) is 24.3 Å². The molecule has 0 bridgehead atoms. The van der Waals surface area contributed by atoms with E-state index in [1.54, 1.807) is 18.2 Å². The van der Waals surface area contributed by atoms with Gasteiger partial charge >= 0.3 is 0 Å². The zero-order valence-corrected chi connectivity index (χ0v) is 17.1. The summed E-state index contributed by atoms with van der Waals surface area (Å²) in [6.07, 6.45) is 3.30. The number of sulfonamides is 1. The SMILES string of the molecule is CS(=O)(=O)Nc1cccc(-c2n[nH]c3ccc(-c4nc(C5CCCN5)n[nH]4)cc23)c1. The molecule has 1 aliphatic heterocycles. The molecule has 0 radical (unpaired) electrons. The number of rotatable bonds is 5. The molecule has 2 aromatic heterocycles. The van der Waals surface area contributed by atoms with Crippen molar-refractivity contribution >= 4 is 26.6 Å². The Morgan fingerprint density at radius 3 is 2.77 bits per heavy atom. The van der Waals surface area contributed by atoms with Crippen molar-refractivity contribution in [3.8, 4) is 22.6 Å². The number of H-pyrrole nitrogens is 2. The summed E-state index contributed by atoms with van der Waals surface area (Å²) in [7, 11) is -3.36. The van der Waals surface area contributed by atoms with E-state index in [4.69, 9.17) is 0 Å². The number of hydrogen-bond acceptors (Lipinski definition) is 6. The van der Waals surface area contributed by atoms with Gasteiger partial charge in [0.15, 0.2) is 11.6 Å². The molecule has 2 aromatic carbocycles. The number of nitrogens with zero attached hydrogens (tertiary/aromatic N) is 3. The third-order valence-corrected chi connectivity index (χ3v) is 5.76. The number of aromatic nitrogens is 5. The number of benzene rings is 2. The quantitative estimate of drug-likeness (QED) is 0.391. The number of aromatic amines is 2. The topological polar surface area (TPSA) is 128 Å². The van der Waals surface area contributed by atoms with Gasteiger partial charge in [0.1, 0.15) is 0 Å². The Bertz CT molecular complexity index is 1320. The molecule has 1 atom stereocenters. The molecule has 1 saturated heterocycles. The fraction of sp³-hybridized carbons (Fsp3) is 0.250. The van der Waals surface area contributed by atoms with Crippen molar-refractivity contribution in [1.29, 1.82) is 0 Å². The van der Waals surface area contributed by atoms with Crippen LogP contribution in [0.3, 0.4) is 0 Å². The summed E-state index contributed by atoms with van der Waals surface area (Å²) in [6.45, 7) is 0.992. The second-order valence-electron chi connectivity index (χ2n) is 7.48.